The number of hydrogen-bond donors (Lipinski definition) is 2. The number of likely N-dealkylation sites (tertiary alicyclic amines) is 1. The van der Waals surface area contributed by atoms with Crippen molar-refractivity contribution >= 4 is 23.6 Å². The van der Waals surface area contributed by atoms with Crippen LogP contribution in [0.5, 0.6) is 0 Å². The number of amides is 1. The molecule has 0 aromatic heterocycles. The van der Waals surface area contributed by atoms with E-state index in [1.54, 1.807) is 11.9 Å². The summed E-state index contributed by atoms with van der Waals surface area (Å²) in [7, 11) is 3.66. The van der Waals surface area contributed by atoms with E-state index in [9.17, 15) is 4.79 Å². The number of hydrogen-bond acceptors (Lipinski definition) is 4. The molecule has 0 aromatic carbocycles. The lowest BCUT2D eigenvalue weighted by Crippen LogP contribution is -2.52. The van der Waals surface area contributed by atoms with E-state index in [4.69, 9.17) is 0 Å². The molecule has 1 atom stereocenters. The predicted octanol–water partition coefficient (Wildman–Crippen LogP) is -0.179. The van der Waals surface area contributed by atoms with Crippen molar-refractivity contribution in [3.63, 3.8) is 0 Å². The number of likely N-dealkylation sites (N-methyl/N-ethyl adjacent to an activating group) is 1. The molecule has 0 bridgehead atoms. The van der Waals surface area contributed by atoms with Gasteiger partial charge in [0.05, 0.1) is 0 Å². The third-order valence-electron chi connectivity index (χ3n) is 4.02. The average molecular weight is 313 g/mol. The molecule has 2 saturated heterocycles. The van der Waals surface area contributed by atoms with Crippen LogP contribution in [-0.2, 0) is 4.79 Å². The molecular formula is C14H27N5OS. The summed E-state index contributed by atoms with van der Waals surface area (Å²) in [5.41, 5.74) is 0. The van der Waals surface area contributed by atoms with Crippen LogP contribution in [0.2, 0.25) is 0 Å². The van der Waals surface area contributed by atoms with Crippen LogP contribution >= 0.6 is 11.8 Å². The second-order valence-corrected chi connectivity index (χ2v) is 6.83. The zero-order chi connectivity index (χ0) is 15.1. The first-order valence-electron chi connectivity index (χ1n) is 7.70. The van der Waals surface area contributed by atoms with Gasteiger partial charge in [-0.25, -0.2) is 0 Å². The summed E-state index contributed by atoms with van der Waals surface area (Å²) in [5.74, 6) is 3.57. The second kappa shape index (κ2) is 8.48. The monoisotopic (exact) mass is 313 g/mol. The highest BCUT2D eigenvalue weighted by Gasteiger charge is 2.23. The Balaban J connectivity index is 1.67. The molecular weight excluding hydrogens is 286 g/mol. The summed E-state index contributed by atoms with van der Waals surface area (Å²) in [4.78, 5) is 20.0. The number of carbonyl (C=O) groups is 1. The summed E-state index contributed by atoms with van der Waals surface area (Å²) in [6, 6.07) is 0.297. The molecule has 2 heterocycles. The summed E-state index contributed by atoms with van der Waals surface area (Å²) in [6.45, 7) is 5.10. The van der Waals surface area contributed by atoms with E-state index < -0.39 is 0 Å². The van der Waals surface area contributed by atoms with Gasteiger partial charge >= 0.3 is 0 Å². The Labute approximate surface area is 131 Å². The van der Waals surface area contributed by atoms with E-state index >= 15 is 0 Å². The Hall–Kier alpha value is -0.950. The fourth-order valence-corrected chi connectivity index (χ4v) is 3.65. The van der Waals surface area contributed by atoms with E-state index in [0.717, 1.165) is 32.0 Å². The molecule has 2 aliphatic rings. The highest BCUT2D eigenvalue weighted by molar-refractivity contribution is 7.99. The third kappa shape index (κ3) is 5.39. The average Bonchev–Trinajstić information content (AvgIpc) is 2.51. The lowest BCUT2D eigenvalue weighted by Gasteiger charge is -2.31. The SMILES string of the molecule is CN=C(NCCN1CCSCC1)NC1CCC(=O)N(C)C1. The molecule has 0 aromatic rings. The van der Waals surface area contributed by atoms with Gasteiger partial charge < -0.3 is 15.5 Å². The quantitative estimate of drug-likeness (QED) is 0.557. The summed E-state index contributed by atoms with van der Waals surface area (Å²) in [5, 5.41) is 6.79. The third-order valence-corrected chi connectivity index (χ3v) is 4.96. The predicted molar refractivity (Wildman–Crippen MR) is 88.9 cm³/mol. The number of nitrogens with one attached hydrogen (secondary N) is 2. The number of piperidine rings is 1. The summed E-state index contributed by atoms with van der Waals surface area (Å²) >= 11 is 2.04. The minimum absolute atomic E-state index is 0.235. The number of rotatable bonds is 4. The number of aliphatic imine (C=N–C) groups is 1. The van der Waals surface area contributed by atoms with Gasteiger partial charge in [0.2, 0.25) is 5.91 Å². The van der Waals surface area contributed by atoms with Crippen molar-refractivity contribution in [3.05, 3.63) is 0 Å². The molecule has 2 fully saturated rings. The maximum absolute atomic E-state index is 11.5. The molecule has 6 nitrogen and oxygen atoms in total. The smallest absolute Gasteiger partial charge is 0.222 e. The van der Waals surface area contributed by atoms with Crippen molar-refractivity contribution in [1.82, 2.24) is 20.4 Å². The van der Waals surface area contributed by atoms with Gasteiger partial charge in [-0.2, -0.15) is 11.8 Å². The zero-order valence-corrected chi connectivity index (χ0v) is 13.9. The van der Waals surface area contributed by atoms with Gasteiger partial charge in [-0.05, 0) is 6.42 Å². The highest BCUT2D eigenvalue weighted by atomic mass is 32.2. The van der Waals surface area contributed by atoms with Crippen LogP contribution in [0.3, 0.4) is 0 Å². The van der Waals surface area contributed by atoms with Gasteiger partial charge in [0.25, 0.3) is 0 Å². The lowest BCUT2D eigenvalue weighted by atomic mass is 10.1. The van der Waals surface area contributed by atoms with Crippen molar-refractivity contribution in [3.8, 4) is 0 Å². The molecule has 2 N–H and O–H groups in total. The number of thioether (sulfide) groups is 1. The summed E-state index contributed by atoms with van der Waals surface area (Å²) < 4.78 is 0. The van der Waals surface area contributed by atoms with Gasteiger partial charge in [-0.15, -0.1) is 0 Å². The van der Waals surface area contributed by atoms with Gasteiger partial charge in [-0.3, -0.25) is 14.7 Å². The van der Waals surface area contributed by atoms with Crippen molar-refractivity contribution in [2.24, 2.45) is 4.99 Å². The maximum atomic E-state index is 11.5. The van der Waals surface area contributed by atoms with E-state index in [1.807, 2.05) is 18.8 Å². The van der Waals surface area contributed by atoms with Crippen molar-refractivity contribution in [2.75, 3.05) is 58.3 Å². The van der Waals surface area contributed by atoms with Gasteiger partial charge in [0.15, 0.2) is 5.96 Å². The Morgan fingerprint density at radius 3 is 2.86 bits per heavy atom. The molecule has 2 aliphatic heterocycles. The fourth-order valence-electron chi connectivity index (χ4n) is 2.68. The Morgan fingerprint density at radius 1 is 1.43 bits per heavy atom. The van der Waals surface area contributed by atoms with Crippen LogP contribution in [0.4, 0.5) is 0 Å². The molecule has 1 amide bonds. The molecule has 120 valence electrons. The van der Waals surface area contributed by atoms with Crippen LogP contribution < -0.4 is 10.6 Å². The van der Waals surface area contributed by atoms with E-state index in [-0.39, 0.29) is 5.91 Å². The normalized spacial score (nSPS) is 25.0. The number of guanidine groups is 1. The van der Waals surface area contributed by atoms with E-state index in [1.165, 1.54) is 24.6 Å². The van der Waals surface area contributed by atoms with Crippen LogP contribution in [-0.4, -0.2) is 86.0 Å². The maximum Gasteiger partial charge on any atom is 0.222 e. The topological polar surface area (TPSA) is 60.0 Å². The minimum Gasteiger partial charge on any atom is -0.355 e. The van der Waals surface area contributed by atoms with E-state index in [0.29, 0.717) is 12.5 Å². The molecule has 0 saturated carbocycles. The van der Waals surface area contributed by atoms with Crippen LogP contribution in [0.25, 0.3) is 0 Å². The molecule has 2 rings (SSSR count). The first-order valence-corrected chi connectivity index (χ1v) is 8.86. The Morgan fingerprint density at radius 2 is 2.19 bits per heavy atom. The number of nitrogens with zero attached hydrogens (tertiary/aromatic N) is 3. The van der Waals surface area contributed by atoms with Crippen molar-refractivity contribution in [1.29, 1.82) is 0 Å². The number of carbonyl (C=O) groups excluding carboxylic acids is 1. The Kier molecular flexibility index (Phi) is 6.63. The zero-order valence-electron chi connectivity index (χ0n) is 13.1. The molecule has 1 unspecified atom stereocenters. The van der Waals surface area contributed by atoms with Crippen LogP contribution in [0.1, 0.15) is 12.8 Å². The van der Waals surface area contributed by atoms with Crippen molar-refractivity contribution < 1.29 is 4.79 Å². The molecule has 0 aliphatic carbocycles. The van der Waals surface area contributed by atoms with Gasteiger partial charge in [0.1, 0.15) is 0 Å². The first kappa shape index (κ1) is 16.4. The van der Waals surface area contributed by atoms with Gasteiger partial charge in [-0.1, -0.05) is 0 Å². The largest absolute Gasteiger partial charge is 0.355 e. The first-order chi connectivity index (χ1) is 10.2. The van der Waals surface area contributed by atoms with Crippen LogP contribution in [0, 0.1) is 0 Å². The second-order valence-electron chi connectivity index (χ2n) is 5.61. The van der Waals surface area contributed by atoms with E-state index in [2.05, 4.69) is 20.5 Å². The van der Waals surface area contributed by atoms with Crippen LogP contribution in [0.15, 0.2) is 4.99 Å². The minimum atomic E-state index is 0.235. The highest BCUT2D eigenvalue weighted by Crippen LogP contribution is 2.09. The molecule has 0 spiro atoms. The van der Waals surface area contributed by atoms with Crippen molar-refractivity contribution in [2.45, 2.75) is 18.9 Å². The molecule has 21 heavy (non-hydrogen) atoms. The fraction of sp³-hybridized carbons (Fsp3) is 0.857. The Bertz CT molecular complexity index is 370. The van der Waals surface area contributed by atoms with Gasteiger partial charge in [0, 0.05) is 70.8 Å². The lowest BCUT2D eigenvalue weighted by molar-refractivity contribution is -0.132. The molecule has 0 radical (unpaired) electrons. The standard InChI is InChI=1S/C14H27N5OS/c1-15-14(16-5-6-19-7-9-21-10-8-19)17-12-3-4-13(20)18(2)11-12/h12H,3-11H2,1-2H3,(H2,15,16,17). The molecule has 7 heteroatoms. The summed E-state index contributed by atoms with van der Waals surface area (Å²) in [6.07, 6.45) is 1.50.